The number of H-pyrrole nitrogens is 1. The van der Waals surface area contributed by atoms with Gasteiger partial charge in [0, 0.05) is 63.2 Å². The lowest BCUT2D eigenvalue weighted by Crippen LogP contribution is -2.54. The van der Waals surface area contributed by atoms with Gasteiger partial charge in [0.1, 0.15) is 17.8 Å². The van der Waals surface area contributed by atoms with Crippen LogP contribution in [0.5, 0.6) is 0 Å². The minimum atomic E-state index is -0.412. The van der Waals surface area contributed by atoms with Crippen molar-refractivity contribution in [3.63, 3.8) is 0 Å². The van der Waals surface area contributed by atoms with Gasteiger partial charge in [0.15, 0.2) is 0 Å². The second-order valence-electron chi connectivity index (χ2n) is 11.8. The number of hydrogen-bond acceptors (Lipinski definition) is 8. The fraction of sp³-hybridized carbons (Fsp3) is 0.467. The summed E-state index contributed by atoms with van der Waals surface area (Å²) in [5, 5.41) is 4.40. The minimum Gasteiger partial charge on any atom is -0.340 e. The van der Waals surface area contributed by atoms with E-state index in [4.69, 9.17) is 0 Å². The highest BCUT2D eigenvalue weighted by atomic mass is 32.1. The molecule has 1 amide bonds. The van der Waals surface area contributed by atoms with Crippen LogP contribution in [0.3, 0.4) is 0 Å². The zero-order valence-corrected chi connectivity index (χ0v) is 24.6. The molecule has 0 bridgehead atoms. The Hall–Kier alpha value is -3.34. The van der Waals surface area contributed by atoms with Crippen LogP contribution in [0, 0.1) is 5.41 Å². The maximum absolute atomic E-state index is 13.6. The van der Waals surface area contributed by atoms with Crippen LogP contribution in [0.15, 0.2) is 42.2 Å². The monoisotopic (exact) mass is 558 g/mol. The molecule has 6 rings (SSSR count). The Morgan fingerprint density at radius 3 is 2.67 bits per heavy atom. The van der Waals surface area contributed by atoms with Gasteiger partial charge in [0.05, 0.1) is 26.5 Å². The molecule has 2 aliphatic heterocycles. The lowest BCUT2D eigenvalue weighted by atomic mass is 9.89. The summed E-state index contributed by atoms with van der Waals surface area (Å²) >= 11 is 1.62. The van der Waals surface area contributed by atoms with Crippen molar-refractivity contribution in [2.45, 2.75) is 40.2 Å². The summed E-state index contributed by atoms with van der Waals surface area (Å²) in [5.74, 6) is 1.00. The quantitative estimate of drug-likeness (QED) is 0.331. The molecule has 10 heteroatoms. The molecule has 4 aromatic rings. The number of nitrogens with zero attached hydrogens (tertiary/aromatic N) is 6. The number of anilines is 2. The first-order valence-electron chi connectivity index (χ1n) is 14.2. The highest BCUT2D eigenvalue weighted by Gasteiger charge is 2.35. The summed E-state index contributed by atoms with van der Waals surface area (Å²) in [6.07, 6.45) is 4.57. The van der Waals surface area contributed by atoms with Gasteiger partial charge < -0.3 is 15.2 Å². The highest BCUT2D eigenvalue weighted by molar-refractivity contribution is 7.16. The van der Waals surface area contributed by atoms with Gasteiger partial charge >= 0.3 is 0 Å². The molecule has 1 aromatic carbocycles. The molecule has 0 saturated carbocycles. The smallest absolute Gasteiger partial charge is 0.229 e. The standard InChI is InChI=1S/C30H38N8OS/c1-20(2)37-13-11-36(12-14-37)17-30(3,4)29(39)38-9-7-21(8-10-38)25-16-23-27(31-18-32-28(23)35-25)34-22-5-6-24-26(15-22)40-19-33-24/h5-7,15-16,18-20H,8-14,17H2,1-4H3,(H2,31,32,34,35). The summed E-state index contributed by atoms with van der Waals surface area (Å²) in [6, 6.07) is 8.83. The van der Waals surface area contributed by atoms with E-state index in [0.29, 0.717) is 12.6 Å². The third-order valence-corrected chi connectivity index (χ3v) is 8.99. The number of thiazole rings is 1. The Morgan fingerprint density at radius 2 is 1.93 bits per heavy atom. The number of piperazine rings is 1. The molecule has 0 aliphatic carbocycles. The summed E-state index contributed by atoms with van der Waals surface area (Å²) in [5.41, 5.74) is 6.45. The first kappa shape index (κ1) is 26.9. The molecule has 40 heavy (non-hydrogen) atoms. The molecule has 0 atom stereocenters. The first-order chi connectivity index (χ1) is 19.3. The molecule has 2 aliphatic rings. The van der Waals surface area contributed by atoms with Crippen molar-refractivity contribution in [3.05, 3.63) is 47.9 Å². The van der Waals surface area contributed by atoms with Crippen LogP contribution in [0.2, 0.25) is 0 Å². The number of fused-ring (bicyclic) bond motifs is 2. The van der Waals surface area contributed by atoms with Crippen LogP contribution in [0.1, 0.15) is 39.8 Å². The predicted octanol–water partition coefficient (Wildman–Crippen LogP) is 4.98. The van der Waals surface area contributed by atoms with Crippen LogP contribution in [-0.2, 0) is 4.79 Å². The van der Waals surface area contributed by atoms with E-state index < -0.39 is 5.41 Å². The molecule has 3 aromatic heterocycles. The number of hydrogen-bond donors (Lipinski definition) is 2. The molecule has 0 spiro atoms. The van der Waals surface area contributed by atoms with Gasteiger partial charge in [-0.1, -0.05) is 6.08 Å². The molecule has 2 N–H and O–H groups in total. The van der Waals surface area contributed by atoms with E-state index >= 15 is 0 Å². The van der Waals surface area contributed by atoms with E-state index in [1.807, 2.05) is 22.5 Å². The average Bonchev–Trinajstić information content (AvgIpc) is 3.60. The van der Waals surface area contributed by atoms with E-state index in [2.05, 4.69) is 81.0 Å². The molecular formula is C30H38N8OS. The van der Waals surface area contributed by atoms with Crippen molar-refractivity contribution in [1.29, 1.82) is 0 Å². The van der Waals surface area contributed by atoms with E-state index in [-0.39, 0.29) is 5.91 Å². The van der Waals surface area contributed by atoms with Gasteiger partial charge in [0.2, 0.25) is 5.91 Å². The molecule has 5 heterocycles. The third-order valence-electron chi connectivity index (χ3n) is 8.20. The predicted molar refractivity (Wildman–Crippen MR) is 163 cm³/mol. The normalized spacial score (nSPS) is 17.6. The number of aromatic nitrogens is 4. The summed E-state index contributed by atoms with van der Waals surface area (Å²) in [6.45, 7) is 15.1. The lowest BCUT2D eigenvalue weighted by Gasteiger charge is -2.41. The Balaban J connectivity index is 1.12. The fourth-order valence-electron chi connectivity index (χ4n) is 5.87. The third kappa shape index (κ3) is 5.48. The van der Waals surface area contributed by atoms with Gasteiger partial charge in [-0.3, -0.25) is 14.6 Å². The number of carbonyl (C=O) groups excluding carboxylic acids is 1. The lowest BCUT2D eigenvalue weighted by molar-refractivity contribution is -0.141. The van der Waals surface area contributed by atoms with E-state index in [9.17, 15) is 4.79 Å². The first-order valence-corrected chi connectivity index (χ1v) is 15.0. The maximum atomic E-state index is 13.6. The highest BCUT2D eigenvalue weighted by Crippen LogP contribution is 2.31. The van der Waals surface area contributed by atoms with Crippen molar-refractivity contribution in [1.82, 2.24) is 34.6 Å². The molecule has 0 radical (unpaired) electrons. The van der Waals surface area contributed by atoms with Crippen molar-refractivity contribution >= 4 is 55.6 Å². The molecular weight excluding hydrogens is 520 g/mol. The SMILES string of the molecule is CC(C)N1CCN(CC(C)(C)C(=O)N2CC=C(c3cc4c(Nc5ccc6ncsc6c5)ncnc4[nH]3)CC2)CC1. The second kappa shape index (κ2) is 10.9. The number of carbonyl (C=O) groups is 1. The van der Waals surface area contributed by atoms with Gasteiger partial charge in [-0.05, 0) is 64.0 Å². The molecule has 0 unspecified atom stereocenters. The van der Waals surface area contributed by atoms with E-state index in [1.165, 1.54) is 5.57 Å². The van der Waals surface area contributed by atoms with Crippen LogP contribution in [-0.4, -0.2) is 92.4 Å². The van der Waals surface area contributed by atoms with Gasteiger partial charge in [-0.15, -0.1) is 11.3 Å². The van der Waals surface area contributed by atoms with Crippen LogP contribution in [0.25, 0.3) is 26.8 Å². The Kier molecular flexibility index (Phi) is 7.33. The minimum absolute atomic E-state index is 0.237. The van der Waals surface area contributed by atoms with Gasteiger partial charge in [-0.2, -0.15) is 0 Å². The summed E-state index contributed by atoms with van der Waals surface area (Å²) < 4.78 is 1.13. The van der Waals surface area contributed by atoms with Crippen molar-refractivity contribution < 1.29 is 4.79 Å². The largest absolute Gasteiger partial charge is 0.340 e. The van der Waals surface area contributed by atoms with Crippen LogP contribution in [0.4, 0.5) is 11.5 Å². The average molecular weight is 559 g/mol. The van der Waals surface area contributed by atoms with E-state index in [1.54, 1.807) is 17.7 Å². The van der Waals surface area contributed by atoms with Gasteiger partial charge in [0.25, 0.3) is 0 Å². The molecule has 210 valence electrons. The van der Waals surface area contributed by atoms with Crippen molar-refractivity contribution in [2.75, 3.05) is 51.1 Å². The number of amides is 1. The summed E-state index contributed by atoms with van der Waals surface area (Å²) in [7, 11) is 0. The number of benzene rings is 1. The van der Waals surface area contributed by atoms with E-state index in [0.717, 1.165) is 84.1 Å². The summed E-state index contributed by atoms with van der Waals surface area (Å²) in [4.78, 5) is 37.4. The molecule has 1 saturated heterocycles. The number of rotatable bonds is 7. The van der Waals surface area contributed by atoms with Crippen molar-refractivity contribution in [3.8, 4) is 0 Å². The number of aromatic amines is 1. The molecule has 1 fully saturated rings. The van der Waals surface area contributed by atoms with Crippen LogP contribution < -0.4 is 5.32 Å². The van der Waals surface area contributed by atoms with Gasteiger partial charge in [-0.25, -0.2) is 15.0 Å². The topological polar surface area (TPSA) is 93.3 Å². The Labute approximate surface area is 239 Å². The maximum Gasteiger partial charge on any atom is 0.229 e. The Bertz CT molecular complexity index is 1550. The zero-order valence-electron chi connectivity index (χ0n) is 23.8. The zero-order chi connectivity index (χ0) is 27.9. The number of nitrogens with one attached hydrogen (secondary N) is 2. The molecule has 9 nitrogen and oxygen atoms in total. The van der Waals surface area contributed by atoms with Crippen LogP contribution >= 0.6 is 11.3 Å². The van der Waals surface area contributed by atoms with Crippen molar-refractivity contribution in [2.24, 2.45) is 5.41 Å². The second-order valence-corrected chi connectivity index (χ2v) is 12.7. The Morgan fingerprint density at radius 1 is 1.10 bits per heavy atom. The fourth-order valence-corrected chi connectivity index (χ4v) is 6.59.